The minimum Gasteiger partial charge on any atom is -0.508 e. The van der Waals surface area contributed by atoms with Crippen molar-refractivity contribution in [2.45, 2.75) is 55.4 Å². The number of ether oxygens (including phenoxy) is 1. The second-order valence-electron chi connectivity index (χ2n) is 14.1. The van der Waals surface area contributed by atoms with Crippen molar-refractivity contribution in [1.29, 1.82) is 0 Å². The summed E-state index contributed by atoms with van der Waals surface area (Å²) in [5.41, 5.74) is 5.01. The highest BCUT2D eigenvalue weighted by molar-refractivity contribution is 7.99. The average molecular weight is 717 g/mol. The molecule has 3 N–H and O–H groups in total. The number of phenols is 1. The summed E-state index contributed by atoms with van der Waals surface area (Å²) < 4.78 is 9.22. The molecule has 52 heavy (non-hydrogen) atoms. The Balaban J connectivity index is 1.04. The van der Waals surface area contributed by atoms with Crippen molar-refractivity contribution in [2.24, 2.45) is 0 Å². The number of urea groups is 1. The van der Waals surface area contributed by atoms with Crippen LogP contribution in [0, 0.1) is 6.92 Å². The van der Waals surface area contributed by atoms with Crippen LogP contribution in [0.2, 0.25) is 0 Å². The van der Waals surface area contributed by atoms with Crippen molar-refractivity contribution in [2.75, 3.05) is 38.2 Å². The number of allylic oxidation sites excluding steroid dienone is 4. The van der Waals surface area contributed by atoms with Crippen molar-refractivity contribution in [3.63, 3.8) is 0 Å². The van der Waals surface area contributed by atoms with Gasteiger partial charge in [0.15, 0.2) is 5.65 Å². The maximum atomic E-state index is 13.3. The maximum Gasteiger partial charge on any atom is 0.320 e. The Labute approximate surface area is 308 Å². The van der Waals surface area contributed by atoms with Gasteiger partial charge in [-0.25, -0.2) is 9.48 Å². The summed E-state index contributed by atoms with van der Waals surface area (Å²) in [5, 5.41) is 30.2. The lowest BCUT2D eigenvalue weighted by molar-refractivity contribution is 0.0426. The molecule has 1 fully saturated rings. The summed E-state index contributed by atoms with van der Waals surface area (Å²) in [7, 11) is 0. The zero-order chi connectivity index (χ0) is 36.2. The van der Waals surface area contributed by atoms with Crippen LogP contribution in [-0.4, -0.2) is 73.3 Å². The van der Waals surface area contributed by atoms with Gasteiger partial charge in [-0.2, -0.15) is 5.10 Å². The third kappa shape index (κ3) is 8.14. The lowest BCUT2D eigenvalue weighted by Crippen LogP contribution is -2.37. The molecule has 0 radical (unpaired) electrons. The molecule has 1 aliphatic carbocycles. The van der Waals surface area contributed by atoms with Gasteiger partial charge in [0.1, 0.15) is 17.4 Å². The van der Waals surface area contributed by atoms with E-state index in [2.05, 4.69) is 93.5 Å². The molecular weight excluding hydrogens is 673 g/mol. The fraction of sp³-hybridized carbons (Fsp3) is 0.300. The molecular formula is C40H44N8O3S. The summed E-state index contributed by atoms with van der Waals surface area (Å²) in [6.07, 6.45) is 12.9. The second-order valence-corrected chi connectivity index (χ2v) is 15.2. The molecule has 0 spiro atoms. The first-order chi connectivity index (χ1) is 25.1. The molecule has 1 saturated heterocycles. The molecule has 3 aromatic heterocycles. The Bertz CT molecular complexity index is 2170. The number of aromatic hydroxyl groups is 1. The molecule has 1 unspecified atom stereocenters. The largest absolute Gasteiger partial charge is 0.508 e. The summed E-state index contributed by atoms with van der Waals surface area (Å²) >= 11 is 1.63. The van der Waals surface area contributed by atoms with Gasteiger partial charge in [-0.3, -0.25) is 14.6 Å². The van der Waals surface area contributed by atoms with Crippen LogP contribution in [-0.2, 0) is 16.7 Å². The molecule has 2 amide bonds. The van der Waals surface area contributed by atoms with Gasteiger partial charge in [0.2, 0.25) is 0 Å². The normalized spacial score (nSPS) is 16.5. The lowest BCUT2D eigenvalue weighted by atomic mass is 9.92. The zero-order valence-electron chi connectivity index (χ0n) is 29.9. The van der Waals surface area contributed by atoms with E-state index in [-0.39, 0.29) is 23.1 Å². The highest BCUT2D eigenvalue weighted by atomic mass is 32.2. The lowest BCUT2D eigenvalue weighted by Gasteiger charge is -2.26. The first-order valence-corrected chi connectivity index (χ1v) is 18.3. The van der Waals surface area contributed by atoms with E-state index in [4.69, 9.17) is 9.84 Å². The highest BCUT2D eigenvalue weighted by Crippen LogP contribution is 2.32. The number of carbonyl (C=O) groups is 1. The monoisotopic (exact) mass is 716 g/mol. The molecule has 0 bridgehead atoms. The number of morpholine rings is 1. The minimum absolute atomic E-state index is 0.0174. The number of pyridine rings is 1. The van der Waals surface area contributed by atoms with Gasteiger partial charge in [-0.05, 0) is 47.9 Å². The summed E-state index contributed by atoms with van der Waals surface area (Å²) in [4.78, 5) is 17.8. The van der Waals surface area contributed by atoms with Crippen molar-refractivity contribution in [3.05, 3.63) is 125 Å². The molecule has 7 rings (SSSR count). The van der Waals surface area contributed by atoms with Crippen molar-refractivity contribution < 1.29 is 14.6 Å². The van der Waals surface area contributed by atoms with E-state index in [1.165, 1.54) is 5.57 Å². The van der Waals surface area contributed by atoms with E-state index in [1.54, 1.807) is 22.5 Å². The summed E-state index contributed by atoms with van der Waals surface area (Å²) in [6.45, 7) is 12.7. The van der Waals surface area contributed by atoms with Crippen molar-refractivity contribution >= 4 is 29.3 Å². The number of aryl methyl sites for hydroxylation is 1. The third-order valence-electron chi connectivity index (χ3n) is 9.15. The quantitative estimate of drug-likeness (QED) is 0.147. The number of fused-ring (bicyclic) bond motifs is 1. The number of nitrogens with one attached hydrogen (secondary N) is 2. The van der Waals surface area contributed by atoms with Gasteiger partial charge < -0.3 is 15.2 Å². The van der Waals surface area contributed by atoms with Gasteiger partial charge in [0.25, 0.3) is 0 Å². The van der Waals surface area contributed by atoms with Crippen LogP contribution < -0.4 is 10.6 Å². The maximum absolute atomic E-state index is 13.3. The summed E-state index contributed by atoms with van der Waals surface area (Å²) in [5.74, 6) is 1.51. The Kier molecular flexibility index (Phi) is 10.3. The smallest absolute Gasteiger partial charge is 0.320 e. The SMILES string of the molecule is Cc1ccc(-n2nc(C(C)(C)C)cc2NC(=O)NCc2ccccc2Sc2ccc3nnc(C4C=CC=C(CN5CCOCC5)C=C4)n3c2)cc1O. The summed E-state index contributed by atoms with van der Waals surface area (Å²) in [6, 6.07) is 18.9. The van der Waals surface area contributed by atoms with E-state index in [9.17, 15) is 9.90 Å². The van der Waals surface area contributed by atoms with E-state index >= 15 is 0 Å². The minimum atomic E-state index is -0.361. The number of rotatable bonds is 9. The number of hydrogen-bond donors (Lipinski definition) is 3. The molecule has 268 valence electrons. The van der Waals surface area contributed by atoms with Gasteiger partial charge >= 0.3 is 6.03 Å². The van der Waals surface area contributed by atoms with Crippen LogP contribution in [0.25, 0.3) is 11.3 Å². The Morgan fingerprint density at radius 1 is 1.04 bits per heavy atom. The Morgan fingerprint density at radius 2 is 1.87 bits per heavy atom. The van der Waals surface area contributed by atoms with Gasteiger partial charge in [0, 0.05) is 59.7 Å². The Hall–Kier alpha value is -5.17. The molecule has 5 aromatic rings. The van der Waals surface area contributed by atoms with Crippen LogP contribution in [0.1, 0.15) is 49.3 Å². The predicted molar refractivity (Wildman–Crippen MR) is 204 cm³/mol. The number of aromatic nitrogens is 5. The topological polar surface area (TPSA) is 122 Å². The van der Waals surface area contributed by atoms with Crippen molar-refractivity contribution in [3.8, 4) is 11.4 Å². The predicted octanol–water partition coefficient (Wildman–Crippen LogP) is 7.17. The molecule has 2 aliphatic rings. The molecule has 0 saturated carbocycles. The molecule has 2 aromatic carbocycles. The van der Waals surface area contributed by atoms with Crippen LogP contribution in [0.3, 0.4) is 0 Å². The second kappa shape index (κ2) is 15.2. The van der Waals surface area contributed by atoms with E-state index < -0.39 is 0 Å². The number of hydrogen-bond acceptors (Lipinski definition) is 8. The van der Waals surface area contributed by atoms with E-state index in [1.807, 2.05) is 55.5 Å². The van der Waals surface area contributed by atoms with E-state index in [0.717, 1.165) is 70.9 Å². The van der Waals surface area contributed by atoms with Gasteiger partial charge in [-0.15, -0.1) is 10.2 Å². The van der Waals surface area contributed by atoms with Crippen LogP contribution in [0.15, 0.2) is 113 Å². The number of phenolic OH excluding ortho intramolecular Hbond substituents is 1. The fourth-order valence-corrected chi connectivity index (χ4v) is 7.06. The van der Waals surface area contributed by atoms with E-state index in [0.29, 0.717) is 18.1 Å². The van der Waals surface area contributed by atoms with Crippen LogP contribution in [0.4, 0.5) is 10.6 Å². The Morgan fingerprint density at radius 3 is 2.67 bits per heavy atom. The number of carbonyl (C=O) groups excluding carboxylic acids is 1. The number of nitrogens with zero attached hydrogens (tertiary/aromatic N) is 6. The molecule has 1 atom stereocenters. The van der Waals surface area contributed by atoms with Crippen LogP contribution in [0.5, 0.6) is 5.75 Å². The number of amides is 2. The van der Waals surface area contributed by atoms with Crippen LogP contribution >= 0.6 is 11.8 Å². The number of anilines is 1. The zero-order valence-corrected chi connectivity index (χ0v) is 30.7. The first kappa shape index (κ1) is 35.2. The first-order valence-electron chi connectivity index (χ1n) is 17.5. The highest BCUT2D eigenvalue weighted by Gasteiger charge is 2.22. The van der Waals surface area contributed by atoms with Gasteiger partial charge in [0.05, 0.1) is 30.5 Å². The molecule has 1 aliphatic heterocycles. The third-order valence-corrected chi connectivity index (χ3v) is 10.2. The fourth-order valence-electron chi connectivity index (χ4n) is 6.09. The van der Waals surface area contributed by atoms with Crippen molar-refractivity contribution in [1.82, 2.24) is 34.6 Å². The molecule has 11 nitrogen and oxygen atoms in total. The number of benzene rings is 2. The average Bonchev–Trinajstić information content (AvgIpc) is 3.68. The standard InChI is InChI=1S/C40H44N8O3S/c1-27-12-15-31(22-33(27)49)48-37(23-35(45-48)40(2,3)4)42-39(50)41-24-30-9-5-6-11-34(30)52-32-16-17-36-43-44-38(47(36)26-32)29-10-7-8-28(13-14-29)25-46-18-20-51-21-19-46/h5-17,22-23,26,29,49H,18-21,24-25H2,1-4H3,(H2,41,42,50). The molecule has 4 heterocycles. The molecule has 12 heteroatoms. The van der Waals surface area contributed by atoms with Gasteiger partial charge in [-0.1, -0.05) is 87.2 Å².